The lowest BCUT2D eigenvalue weighted by Gasteiger charge is -2.28. The van der Waals surface area contributed by atoms with Gasteiger partial charge in [0, 0.05) is 12.8 Å². The van der Waals surface area contributed by atoms with E-state index < -0.39 is 32.5 Å². The normalized spacial score (nSPS) is 14.7. The maximum absolute atomic E-state index is 12.8. The van der Waals surface area contributed by atoms with E-state index in [1.54, 1.807) is 0 Å². The Morgan fingerprint density at radius 2 is 0.737 bits per heavy atom. The molecule has 9 nitrogen and oxygen atoms in total. The number of hydrogen-bond acceptors (Lipinski definition) is 8. The van der Waals surface area contributed by atoms with Crippen LogP contribution in [0.1, 0.15) is 168 Å². The summed E-state index contributed by atoms with van der Waals surface area (Å²) in [4.78, 5) is 37.8. The molecule has 0 saturated heterocycles. The molecule has 424 valence electrons. The van der Waals surface area contributed by atoms with Crippen molar-refractivity contribution < 1.29 is 42.1 Å². The molecule has 76 heavy (non-hydrogen) atoms. The Morgan fingerprint density at radius 3 is 1.11 bits per heavy atom. The highest BCUT2D eigenvalue weighted by Gasteiger charge is 2.21. The fourth-order valence-corrected chi connectivity index (χ4v) is 7.34. The Morgan fingerprint density at radius 1 is 0.408 bits per heavy atom. The highest BCUT2D eigenvalue weighted by molar-refractivity contribution is 7.45. The molecule has 0 aromatic carbocycles. The molecular formula is C66H102NO8P. The first-order valence-corrected chi connectivity index (χ1v) is 30.0. The molecule has 0 radical (unpaired) electrons. The van der Waals surface area contributed by atoms with Crippen LogP contribution in [0.15, 0.2) is 182 Å². The number of phosphoric ester groups is 1. The van der Waals surface area contributed by atoms with Crippen molar-refractivity contribution in [3.05, 3.63) is 182 Å². The van der Waals surface area contributed by atoms with Crippen LogP contribution >= 0.6 is 7.82 Å². The van der Waals surface area contributed by atoms with Crippen LogP contribution in [0.5, 0.6) is 0 Å². The molecule has 0 N–H and O–H groups in total. The monoisotopic (exact) mass is 1070 g/mol. The lowest BCUT2D eigenvalue weighted by molar-refractivity contribution is -0.870. The third kappa shape index (κ3) is 58.4. The van der Waals surface area contributed by atoms with E-state index in [1.165, 1.54) is 0 Å². The first-order valence-electron chi connectivity index (χ1n) is 28.5. The summed E-state index contributed by atoms with van der Waals surface area (Å²) >= 11 is 0. The van der Waals surface area contributed by atoms with Crippen LogP contribution in [0.4, 0.5) is 0 Å². The lowest BCUT2D eigenvalue weighted by Crippen LogP contribution is -2.37. The van der Waals surface area contributed by atoms with E-state index in [1.807, 2.05) is 33.3 Å². The number of quaternary nitrogens is 1. The molecule has 0 aromatic rings. The zero-order valence-corrected chi connectivity index (χ0v) is 48.8. The van der Waals surface area contributed by atoms with Gasteiger partial charge in [0.25, 0.3) is 7.82 Å². The topological polar surface area (TPSA) is 111 Å². The number of likely N-dealkylation sites (N-methyl/N-ethyl adjacent to an activating group) is 1. The van der Waals surface area contributed by atoms with Gasteiger partial charge < -0.3 is 27.9 Å². The smallest absolute Gasteiger partial charge is 0.306 e. The van der Waals surface area contributed by atoms with Crippen LogP contribution < -0.4 is 4.89 Å². The van der Waals surface area contributed by atoms with Gasteiger partial charge in [-0.05, 0) is 122 Å². The number of esters is 2. The SMILES string of the molecule is CC/C=C\C/C=C\C/C=C\C/C=C\C/C=C\C/C=C\C/C=C\C/C=C\C/C=C\CCCCCCCC(=O)OC(COC(=O)CC/C=C\C/C=C\C/C=C\C/C=C\C/C=C\C/C=C\CC)COP(=O)([O-])OCC[N+](C)(C)C. The molecule has 10 heteroatoms. The summed E-state index contributed by atoms with van der Waals surface area (Å²) in [6, 6.07) is 0. The molecule has 0 aliphatic carbocycles. The third-order valence-electron chi connectivity index (χ3n) is 10.9. The first kappa shape index (κ1) is 71.1. The number of carbonyl (C=O) groups is 2. The van der Waals surface area contributed by atoms with Gasteiger partial charge in [0.05, 0.1) is 27.7 Å². The number of rotatable bonds is 49. The molecule has 0 rings (SSSR count). The van der Waals surface area contributed by atoms with E-state index in [4.69, 9.17) is 18.5 Å². The number of phosphoric acid groups is 1. The standard InChI is InChI=1S/C66H102NO8P/c1-6-8-10-12-14-16-18-20-22-24-26-27-28-29-30-31-32-33-34-35-36-37-38-39-41-43-45-47-49-51-53-55-57-59-66(69)75-64(63-74-76(70,71)73-61-60-67(3,4)5)62-72-65(68)58-56-54-52-50-48-46-44-42-40-25-23-21-19-17-15-13-11-9-7-2/h8-11,14-17,20-23,26-27,29-30,32-33,35-36,38-40,42-43,45-46,48,52,54,64H,6-7,12-13,18-19,24-25,28,31,34,37,41,44,47,49-51,53,55-63H2,1-5H3/b10-8-,11-9-,16-14-,17-15-,22-20-,23-21-,27-26-,30-29-,33-32-,36-35-,39-38-,42-40-,45-43-,48-46-,54-52-. The molecule has 2 unspecified atom stereocenters. The van der Waals surface area contributed by atoms with Crippen LogP contribution in [0.2, 0.25) is 0 Å². The van der Waals surface area contributed by atoms with Crippen LogP contribution in [-0.2, 0) is 32.7 Å². The molecule has 0 aromatic heterocycles. The second-order valence-electron chi connectivity index (χ2n) is 19.2. The maximum Gasteiger partial charge on any atom is 0.306 e. The van der Waals surface area contributed by atoms with Gasteiger partial charge in [-0.2, -0.15) is 0 Å². The van der Waals surface area contributed by atoms with Gasteiger partial charge >= 0.3 is 11.9 Å². The number of hydrogen-bond donors (Lipinski definition) is 0. The van der Waals surface area contributed by atoms with Crippen molar-refractivity contribution in [3.8, 4) is 0 Å². The number of carbonyl (C=O) groups excluding carboxylic acids is 2. The van der Waals surface area contributed by atoms with Crippen molar-refractivity contribution in [1.29, 1.82) is 0 Å². The Bertz CT molecular complexity index is 1930. The minimum Gasteiger partial charge on any atom is -0.756 e. The molecule has 0 aliphatic rings. The Labute approximate surface area is 463 Å². The van der Waals surface area contributed by atoms with E-state index in [2.05, 4.69) is 184 Å². The van der Waals surface area contributed by atoms with Crippen molar-refractivity contribution in [2.24, 2.45) is 0 Å². The maximum atomic E-state index is 12.8. The van der Waals surface area contributed by atoms with Crippen molar-refractivity contribution in [1.82, 2.24) is 0 Å². The zero-order chi connectivity index (χ0) is 55.6. The predicted octanol–water partition coefficient (Wildman–Crippen LogP) is 17.4. The van der Waals surface area contributed by atoms with Crippen molar-refractivity contribution in [3.63, 3.8) is 0 Å². The molecule has 0 aliphatic heterocycles. The average molecular weight is 1070 g/mol. The van der Waals surface area contributed by atoms with Gasteiger partial charge in [-0.25, -0.2) is 0 Å². The Kier molecular flexibility index (Phi) is 51.4. The second-order valence-corrected chi connectivity index (χ2v) is 20.6. The summed E-state index contributed by atoms with van der Waals surface area (Å²) in [5, 5.41) is 0. The van der Waals surface area contributed by atoms with E-state index >= 15 is 0 Å². The van der Waals surface area contributed by atoms with E-state index in [0.717, 1.165) is 128 Å². The molecular weight excluding hydrogens is 966 g/mol. The van der Waals surface area contributed by atoms with Crippen molar-refractivity contribution >= 4 is 19.8 Å². The molecule has 2 atom stereocenters. The van der Waals surface area contributed by atoms with Gasteiger partial charge in [-0.1, -0.05) is 215 Å². The fourth-order valence-electron chi connectivity index (χ4n) is 6.61. The summed E-state index contributed by atoms with van der Waals surface area (Å²) in [6.45, 7) is 3.85. The van der Waals surface area contributed by atoms with Crippen LogP contribution in [0.25, 0.3) is 0 Å². The van der Waals surface area contributed by atoms with Gasteiger partial charge in [0.15, 0.2) is 6.10 Å². The molecule has 0 fully saturated rings. The highest BCUT2D eigenvalue weighted by atomic mass is 31.2. The number of nitrogens with zero attached hydrogens (tertiary/aromatic N) is 1. The van der Waals surface area contributed by atoms with E-state index in [9.17, 15) is 19.0 Å². The third-order valence-corrected chi connectivity index (χ3v) is 11.9. The second kappa shape index (κ2) is 54.9. The summed E-state index contributed by atoms with van der Waals surface area (Å²) in [5.74, 6) is -0.974. The van der Waals surface area contributed by atoms with E-state index in [0.29, 0.717) is 23.9 Å². The molecule has 0 spiro atoms. The minimum atomic E-state index is -4.67. The van der Waals surface area contributed by atoms with Crippen LogP contribution in [0.3, 0.4) is 0 Å². The molecule has 0 amide bonds. The Balaban J connectivity index is 4.36. The summed E-state index contributed by atoms with van der Waals surface area (Å²) in [7, 11) is 1.08. The zero-order valence-electron chi connectivity index (χ0n) is 47.9. The average Bonchev–Trinajstić information content (AvgIpc) is 3.38. The van der Waals surface area contributed by atoms with Gasteiger partial charge in [0.1, 0.15) is 19.8 Å². The number of allylic oxidation sites excluding steroid dienone is 30. The first-order chi connectivity index (χ1) is 37.0. The molecule has 0 saturated carbocycles. The van der Waals surface area contributed by atoms with Crippen LogP contribution in [0, 0.1) is 0 Å². The van der Waals surface area contributed by atoms with Gasteiger partial charge in [0.2, 0.25) is 0 Å². The van der Waals surface area contributed by atoms with Crippen molar-refractivity contribution in [2.45, 2.75) is 174 Å². The van der Waals surface area contributed by atoms with Gasteiger partial charge in [-0.15, -0.1) is 0 Å². The lowest BCUT2D eigenvalue weighted by atomic mass is 10.1. The number of unbranched alkanes of at least 4 members (excludes halogenated alkanes) is 5. The minimum absolute atomic E-state index is 0.0578. The summed E-state index contributed by atoms with van der Waals surface area (Å²) in [6.07, 6.45) is 85.2. The summed E-state index contributed by atoms with van der Waals surface area (Å²) < 4.78 is 34.0. The quantitative estimate of drug-likeness (QED) is 0.0195. The molecule has 0 heterocycles. The highest BCUT2D eigenvalue weighted by Crippen LogP contribution is 2.38. The fraction of sp³-hybridized carbons (Fsp3) is 0.515. The summed E-state index contributed by atoms with van der Waals surface area (Å²) in [5.41, 5.74) is 0. The number of ether oxygens (including phenoxy) is 2. The van der Waals surface area contributed by atoms with Crippen molar-refractivity contribution in [2.75, 3.05) is 47.5 Å². The van der Waals surface area contributed by atoms with Crippen LogP contribution in [-0.4, -0.2) is 70.0 Å². The molecule has 0 bridgehead atoms. The largest absolute Gasteiger partial charge is 0.756 e. The Hall–Kier alpha value is -4.89. The van der Waals surface area contributed by atoms with E-state index in [-0.39, 0.29) is 26.1 Å². The van der Waals surface area contributed by atoms with Gasteiger partial charge in [-0.3, -0.25) is 14.2 Å². The predicted molar refractivity (Wildman–Crippen MR) is 323 cm³/mol.